The Labute approximate surface area is 241 Å². The quantitative estimate of drug-likeness (QED) is 0.237. The molecule has 2 N–H and O–H groups in total. The molecule has 1 aliphatic heterocycles. The van der Waals surface area contributed by atoms with Crippen molar-refractivity contribution in [3.8, 4) is 11.5 Å². The van der Waals surface area contributed by atoms with E-state index in [0.29, 0.717) is 29.8 Å². The Bertz CT molecular complexity index is 984. The lowest BCUT2D eigenvalue weighted by Gasteiger charge is -2.46. The molecular formula is C33H49ClN2O3. The lowest BCUT2D eigenvalue weighted by molar-refractivity contribution is -0.0699. The molecule has 5 nitrogen and oxygen atoms in total. The first-order valence-corrected chi connectivity index (χ1v) is 15.5. The SMILES string of the molecule is CNCC(CC1CCCCC1)N1CCC[C@@H]([C@@](O)(CCCCOC)c2cc(Cl)ccc2Oc2ccccc2)C1. The van der Waals surface area contributed by atoms with Crippen molar-refractivity contribution in [1.29, 1.82) is 0 Å². The van der Waals surface area contributed by atoms with Gasteiger partial charge in [0, 0.05) is 49.4 Å². The number of para-hydroxylation sites is 1. The van der Waals surface area contributed by atoms with Gasteiger partial charge in [0.05, 0.1) is 5.60 Å². The van der Waals surface area contributed by atoms with Crippen LogP contribution in [-0.2, 0) is 10.3 Å². The van der Waals surface area contributed by atoms with Crippen molar-refractivity contribution in [1.82, 2.24) is 10.2 Å². The summed E-state index contributed by atoms with van der Waals surface area (Å²) in [5.74, 6) is 2.36. The van der Waals surface area contributed by atoms with Gasteiger partial charge >= 0.3 is 0 Å². The number of nitrogens with zero attached hydrogens (tertiary/aromatic N) is 1. The summed E-state index contributed by atoms with van der Waals surface area (Å²) in [6.45, 7) is 3.67. The monoisotopic (exact) mass is 556 g/mol. The van der Waals surface area contributed by atoms with E-state index >= 15 is 0 Å². The van der Waals surface area contributed by atoms with Gasteiger partial charge in [-0.1, -0.05) is 61.9 Å². The Morgan fingerprint density at radius 1 is 1.05 bits per heavy atom. The number of hydrogen-bond donors (Lipinski definition) is 2. The Balaban J connectivity index is 1.61. The summed E-state index contributed by atoms with van der Waals surface area (Å²) >= 11 is 6.57. The standard InChI is InChI=1S/C33H49ClN2O3/c1-35-24-29(22-26-12-5-3-6-13-26)36-20-11-14-27(25-36)33(37,19-9-10-21-38-2)31-23-28(34)17-18-32(31)39-30-15-7-4-8-16-30/h4,7-8,15-18,23,26-27,29,35,37H,3,5-6,9-14,19-22,24-25H2,1-2H3/t27-,29?,33+/m1/s1. The van der Waals surface area contributed by atoms with Crippen LogP contribution in [0.2, 0.25) is 5.02 Å². The van der Waals surface area contributed by atoms with E-state index in [4.69, 9.17) is 21.1 Å². The van der Waals surface area contributed by atoms with Crippen molar-refractivity contribution < 1.29 is 14.6 Å². The topological polar surface area (TPSA) is 54.0 Å². The van der Waals surface area contributed by atoms with Crippen LogP contribution < -0.4 is 10.1 Å². The highest BCUT2D eigenvalue weighted by atomic mass is 35.5. The zero-order valence-corrected chi connectivity index (χ0v) is 24.8. The van der Waals surface area contributed by atoms with Gasteiger partial charge in [0.15, 0.2) is 0 Å². The molecule has 1 saturated carbocycles. The molecule has 6 heteroatoms. The van der Waals surface area contributed by atoms with Crippen molar-refractivity contribution in [2.24, 2.45) is 11.8 Å². The number of likely N-dealkylation sites (tertiary alicyclic amines) is 1. The number of rotatable bonds is 14. The number of halogens is 1. The van der Waals surface area contributed by atoms with Crippen molar-refractivity contribution >= 4 is 11.6 Å². The third kappa shape index (κ3) is 8.43. The number of ether oxygens (including phenoxy) is 2. The highest BCUT2D eigenvalue weighted by Gasteiger charge is 2.43. The summed E-state index contributed by atoms with van der Waals surface area (Å²) in [6, 6.07) is 16.0. The third-order valence-electron chi connectivity index (χ3n) is 8.95. The number of hydrogen-bond acceptors (Lipinski definition) is 5. The van der Waals surface area contributed by atoms with E-state index < -0.39 is 5.60 Å². The fourth-order valence-corrected chi connectivity index (χ4v) is 7.05. The van der Waals surface area contributed by atoms with Gasteiger partial charge < -0.3 is 19.9 Å². The third-order valence-corrected chi connectivity index (χ3v) is 9.18. The molecule has 0 amide bonds. The van der Waals surface area contributed by atoms with E-state index in [9.17, 15) is 5.11 Å². The minimum atomic E-state index is -1.05. The first-order chi connectivity index (χ1) is 19.0. The van der Waals surface area contributed by atoms with Gasteiger partial charge in [0.1, 0.15) is 11.5 Å². The average molecular weight is 557 g/mol. The molecule has 0 bridgehead atoms. The molecule has 216 valence electrons. The van der Waals surface area contributed by atoms with Crippen LogP contribution in [0, 0.1) is 11.8 Å². The van der Waals surface area contributed by atoms with E-state index in [0.717, 1.165) is 62.5 Å². The summed E-state index contributed by atoms with van der Waals surface area (Å²) < 4.78 is 11.7. The second-order valence-electron chi connectivity index (χ2n) is 11.7. The van der Waals surface area contributed by atoms with E-state index in [2.05, 4.69) is 17.3 Å². The van der Waals surface area contributed by atoms with Crippen LogP contribution in [-0.4, -0.2) is 56.4 Å². The molecule has 2 fully saturated rings. The summed E-state index contributed by atoms with van der Waals surface area (Å²) in [6.07, 6.45) is 12.6. The number of benzene rings is 2. The van der Waals surface area contributed by atoms with E-state index in [1.165, 1.54) is 38.5 Å². The van der Waals surface area contributed by atoms with Gasteiger partial charge in [-0.3, -0.25) is 4.90 Å². The van der Waals surface area contributed by atoms with Crippen molar-refractivity contribution in [3.05, 3.63) is 59.1 Å². The molecule has 1 aliphatic carbocycles. The average Bonchev–Trinajstić information content (AvgIpc) is 2.97. The van der Waals surface area contributed by atoms with Crippen LogP contribution in [0.15, 0.2) is 48.5 Å². The van der Waals surface area contributed by atoms with Gasteiger partial charge in [-0.05, 0) is 88.4 Å². The summed E-state index contributed by atoms with van der Waals surface area (Å²) in [5.41, 5.74) is -0.239. The number of unbranched alkanes of at least 4 members (excludes halogenated alkanes) is 1. The molecule has 2 aliphatic rings. The first-order valence-electron chi connectivity index (χ1n) is 15.2. The highest BCUT2D eigenvalue weighted by Crippen LogP contribution is 2.45. The van der Waals surface area contributed by atoms with Crippen LogP contribution in [0.5, 0.6) is 11.5 Å². The molecule has 3 atom stereocenters. The summed E-state index contributed by atoms with van der Waals surface area (Å²) in [4.78, 5) is 2.67. The Hall–Kier alpha value is -1.63. The molecule has 0 aromatic heterocycles. The maximum absolute atomic E-state index is 12.7. The fraction of sp³-hybridized carbons (Fsp3) is 0.636. The molecule has 2 aromatic carbocycles. The molecule has 1 heterocycles. The summed E-state index contributed by atoms with van der Waals surface area (Å²) in [7, 11) is 3.81. The zero-order valence-electron chi connectivity index (χ0n) is 24.0. The molecule has 2 aromatic rings. The second-order valence-corrected chi connectivity index (χ2v) is 12.2. The van der Waals surface area contributed by atoms with Crippen LogP contribution >= 0.6 is 11.6 Å². The first kappa shape index (κ1) is 30.3. The normalized spacial score (nSPS) is 21.4. The Kier molecular flexibility index (Phi) is 12.0. The number of piperidine rings is 1. The molecule has 4 rings (SSSR count). The second kappa shape index (κ2) is 15.4. The lowest BCUT2D eigenvalue weighted by Crippen LogP contribution is -2.52. The highest BCUT2D eigenvalue weighted by molar-refractivity contribution is 6.30. The molecule has 0 spiro atoms. The number of nitrogens with one attached hydrogen (secondary N) is 1. The number of methoxy groups -OCH3 is 1. The minimum Gasteiger partial charge on any atom is -0.457 e. The van der Waals surface area contributed by atoms with Crippen LogP contribution in [0.1, 0.15) is 76.2 Å². The van der Waals surface area contributed by atoms with Crippen LogP contribution in [0.4, 0.5) is 0 Å². The van der Waals surface area contributed by atoms with E-state index in [-0.39, 0.29) is 5.92 Å². The number of likely N-dealkylation sites (N-methyl/N-ethyl adjacent to an activating group) is 1. The molecule has 1 unspecified atom stereocenters. The number of aliphatic hydroxyl groups is 1. The molecule has 1 saturated heterocycles. The fourth-order valence-electron chi connectivity index (χ4n) is 6.88. The van der Waals surface area contributed by atoms with Crippen molar-refractivity contribution in [3.63, 3.8) is 0 Å². The predicted molar refractivity (Wildman–Crippen MR) is 161 cm³/mol. The molecular weight excluding hydrogens is 508 g/mol. The van der Waals surface area contributed by atoms with Gasteiger partial charge in [-0.15, -0.1) is 0 Å². The maximum atomic E-state index is 12.7. The minimum absolute atomic E-state index is 0.0936. The van der Waals surface area contributed by atoms with Gasteiger partial charge in [-0.25, -0.2) is 0 Å². The van der Waals surface area contributed by atoms with E-state index in [1.54, 1.807) is 7.11 Å². The van der Waals surface area contributed by atoms with Crippen LogP contribution in [0.3, 0.4) is 0 Å². The predicted octanol–water partition coefficient (Wildman–Crippen LogP) is 7.41. The van der Waals surface area contributed by atoms with Crippen molar-refractivity contribution in [2.75, 3.05) is 40.4 Å². The Morgan fingerprint density at radius 2 is 1.85 bits per heavy atom. The lowest BCUT2D eigenvalue weighted by atomic mass is 9.73. The van der Waals surface area contributed by atoms with Gasteiger partial charge in [-0.2, -0.15) is 0 Å². The summed E-state index contributed by atoms with van der Waals surface area (Å²) in [5, 5.41) is 16.8. The Morgan fingerprint density at radius 3 is 2.59 bits per heavy atom. The smallest absolute Gasteiger partial charge is 0.133 e. The maximum Gasteiger partial charge on any atom is 0.133 e. The van der Waals surface area contributed by atoms with Crippen LogP contribution in [0.25, 0.3) is 0 Å². The largest absolute Gasteiger partial charge is 0.457 e. The molecule has 0 radical (unpaired) electrons. The van der Waals surface area contributed by atoms with Gasteiger partial charge in [0.2, 0.25) is 0 Å². The molecule has 39 heavy (non-hydrogen) atoms. The zero-order chi connectivity index (χ0) is 27.5. The van der Waals surface area contributed by atoms with E-state index in [1.807, 2.05) is 48.5 Å². The van der Waals surface area contributed by atoms with Gasteiger partial charge in [0.25, 0.3) is 0 Å². The van der Waals surface area contributed by atoms with Crippen molar-refractivity contribution in [2.45, 2.75) is 82.3 Å².